The van der Waals surface area contributed by atoms with Gasteiger partial charge in [0.25, 0.3) is 5.91 Å². The van der Waals surface area contributed by atoms with Gasteiger partial charge < -0.3 is 25.4 Å². The van der Waals surface area contributed by atoms with Crippen molar-refractivity contribution in [2.45, 2.75) is 12.7 Å². The molecule has 0 saturated carbocycles. The second-order valence-electron chi connectivity index (χ2n) is 9.12. The molecule has 0 saturated heterocycles. The van der Waals surface area contributed by atoms with Crippen molar-refractivity contribution in [3.05, 3.63) is 59.3 Å². The number of carbonyl (C=O) groups excluding carboxylic acids is 1. The van der Waals surface area contributed by atoms with Crippen LogP contribution in [0, 0.1) is 0 Å². The Kier molecular flexibility index (Phi) is 8.50. The molecule has 0 unspecified atom stereocenters. The van der Waals surface area contributed by atoms with Crippen molar-refractivity contribution < 1.29 is 36.2 Å². The predicted molar refractivity (Wildman–Crippen MR) is 148 cm³/mol. The van der Waals surface area contributed by atoms with Crippen LogP contribution in [0.5, 0.6) is 11.5 Å². The number of carbonyl (C=O) groups is 1. The summed E-state index contributed by atoms with van der Waals surface area (Å²) in [4.78, 5) is 19.8. The first kappa shape index (κ1) is 30.4. The molecule has 218 valence electrons. The normalized spacial score (nSPS) is 12.6. The number of rotatable bonds is 10. The van der Waals surface area contributed by atoms with E-state index in [0.29, 0.717) is 28.8 Å². The predicted octanol–water partition coefficient (Wildman–Crippen LogP) is 4.13. The minimum atomic E-state index is -4.77. The third-order valence-corrected chi connectivity index (χ3v) is 7.65. The van der Waals surface area contributed by atoms with Crippen LogP contribution in [0.3, 0.4) is 0 Å². The lowest BCUT2D eigenvalue weighted by atomic mass is 10.1. The number of hydrogen-bond donors (Lipinski definition) is 4. The van der Waals surface area contributed by atoms with E-state index in [1.165, 1.54) is 52.6 Å². The SMILES string of the molecule is CNC(=O)c1ccc(Nc2ncc(C(F)(F)F)c(NCc3ccc(OC)cc3N(C)S(C)(C)(=O)O)n2)c(OC)c1. The van der Waals surface area contributed by atoms with Crippen molar-refractivity contribution >= 4 is 38.6 Å². The van der Waals surface area contributed by atoms with E-state index in [9.17, 15) is 26.7 Å². The average Bonchev–Trinajstić information content (AvgIpc) is 2.89. The molecule has 1 heterocycles. The van der Waals surface area contributed by atoms with E-state index in [-0.39, 0.29) is 29.8 Å². The first-order valence-corrected chi connectivity index (χ1v) is 14.4. The molecule has 11 nitrogen and oxygen atoms in total. The van der Waals surface area contributed by atoms with Gasteiger partial charge in [0.2, 0.25) is 5.95 Å². The zero-order chi connectivity index (χ0) is 29.9. The largest absolute Gasteiger partial charge is 0.497 e. The Morgan fingerprint density at radius 2 is 1.82 bits per heavy atom. The Balaban J connectivity index is 1.98. The maximum absolute atomic E-state index is 13.8. The molecule has 0 bridgehead atoms. The molecule has 3 rings (SSSR count). The van der Waals surface area contributed by atoms with Gasteiger partial charge >= 0.3 is 6.18 Å². The molecular weight excluding hydrogens is 553 g/mol. The second kappa shape index (κ2) is 11.2. The molecule has 0 radical (unpaired) electrons. The Morgan fingerprint density at radius 3 is 2.40 bits per heavy atom. The zero-order valence-electron chi connectivity index (χ0n) is 22.7. The molecule has 0 spiro atoms. The fraction of sp³-hybridized carbons (Fsp3) is 0.320. The molecule has 1 amide bonds. The molecule has 0 aliphatic carbocycles. The summed E-state index contributed by atoms with van der Waals surface area (Å²) in [6, 6.07) is 9.14. The summed E-state index contributed by atoms with van der Waals surface area (Å²) in [6.07, 6.45) is -1.81. The minimum absolute atomic E-state index is 0.172. The van der Waals surface area contributed by atoms with Crippen LogP contribution in [0.25, 0.3) is 0 Å². The number of alkyl halides is 3. The Morgan fingerprint density at radius 1 is 1.12 bits per heavy atom. The average molecular weight is 585 g/mol. The van der Waals surface area contributed by atoms with Crippen LogP contribution >= 0.6 is 0 Å². The monoisotopic (exact) mass is 584 g/mol. The number of hydrogen-bond acceptors (Lipinski definition) is 8. The molecule has 2 aromatic carbocycles. The molecular formula is C25H31F3N6O5S. The van der Waals surface area contributed by atoms with Crippen LogP contribution in [0.4, 0.5) is 36.3 Å². The summed E-state index contributed by atoms with van der Waals surface area (Å²) < 4.78 is 76.5. The summed E-state index contributed by atoms with van der Waals surface area (Å²) >= 11 is 0. The van der Waals surface area contributed by atoms with Crippen molar-refractivity contribution in [2.24, 2.45) is 0 Å². The van der Waals surface area contributed by atoms with Crippen LogP contribution in [-0.2, 0) is 22.3 Å². The van der Waals surface area contributed by atoms with Gasteiger partial charge in [-0.15, -0.1) is 9.53 Å². The third kappa shape index (κ3) is 7.09. The number of methoxy groups -OCH3 is 2. The van der Waals surface area contributed by atoms with Crippen molar-refractivity contribution in [1.29, 1.82) is 0 Å². The van der Waals surface area contributed by atoms with Crippen molar-refractivity contribution in [2.75, 3.05) is 55.8 Å². The number of amides is 1. The molecule has 0 fully saturated rings. The first-order chi connectivity index (χ1) is 18.5. The molecule has 0 aliphatic rings. The standard InChI is InChI=1S/C25H31F3N6O5S/c1-29-23(35)15-8-10-19(21(11-15)39-4)32-24-31-14-18(25(26,27)28)22(33-24)30-13-16-7-9-17(38-3)12-20(16)34(2)40(5,6,36)37/h7-12,14H,13H2,1-6H3,(H,29,35)(H,36,37)(H2,30,31,32,33). The fourth-order valence-electron chi connectivity index (χ4n) is 3.56. The number of aromatic nitrogens is 2. The maximum atomic E-state index is 13.8. The van der Waals surface area contributed by atoms with Crippen LogP contribution < -0.4 is 29.7 Å². The summed E-state index contributed by atoms with van der Waals surface area (Å²) in [5.74, 6) is -0.408. The molecule has 1 aromatic heterocycles. The van der Waals surface area contributed by atoms with Crippen molar-refractivity contribution in [3.8, 4) is 11.5 Å². The lowest BCUT2D eigenvalue weighted by molar-refractivity contribution is -0.137. The van der Waals surface area contributed by atoms with Gasteiger partial charge in [0.05, 0.1) is 25.6 Å². The number of nitrogens with zero attached hydrogens (tertiary/aromatic N) is 3. The van der Waals surface area contributed by atoms with E-state index in [1.54, 1.807) is 12.1 Å². The lowest BCUT2D eigenvalue weighted by Gasteiger charge is -2.45. The van der Waals surface area contributed by atoms with Crippen molar-refractivity contribution in [3.63, 3.8) is 0 Å². The van der Waals surface area contributed by atoms with E-state index < -0.39 is 27.1 Å². The van der Waals surface area contributed by atoms with Gasteiger partial charge in [-0.2, -0.15) is 22.4 Å². The van der Waals surface area contributed by atoms with E-state index >= 15 is 0 Å². The fourth-order valence-corrected chi connectivity index (χ4v) is 4.29. The van der Waals surface area contributed by atoms with Crippen LogP contribution in [-0.4, -0.2) is 65.5 Å². The van der Waals surface area contributed by atoms with E-state index in [4.69, 9.17) is 9.47 Å². The topological polar surface area (TPSA) is 138 Å². The number of ether oxygens (including phenoxy) is 2. The summed E-state index contributed by atoms with van der Waals surface area (Å²) in [7, 11) is 1.43. The van der Waals surface area contributed by atoms with Gasteiger partial charge in [0.15, 0.2) is 0 Å². The Labute approximate surface area is 229 Å². The van der Waals surface area contributed by atoms with E-state index in [0.717, 1.165) is 16.8 Å². The molecule has 15 heteroatoms. The van der Waals surface area contributed by atoms with Crippen LogP contribution in [0.15, 0.2) is 42.6 Å². The lowest BCUT2D eigenvalue weighted by Crippen LogP contribution is -2.46. The number of nitrogens with one attached hydrogen (secondary N) is 3. The van der Waals surface area contributed by atoms with E-state index in [2.05, 4.69) is 25.9 Å². The summed E-state index contributed by atoms with van der Waals surface area (Å²) in [5, 5.41) is 7.99. The molecule has 0 atom stereocenters. The van der Waals surface area contributed by atoms with Gasteiger partial charge in [0.1, 0.15) is 22.9 Å². The highest BCUT2D eigenvalue weighted by molar-refractivity contribution is 8.15. The van der Waals surface area contributed by atoms with Gasteiger partial charge in [-0.05, 0) is 29.8 Å². The molecule has 3 aromatic rings. The zero-order valence-corrected chi connectivity index (χ0v) is 23.5. The summed E-state index contributed by atoms with van der Waals surface area (Å²) in [5.41, 5.74) is 0.202. The molecule has 40 heavy (non-hydrogen) atoms. The Bertz CT molecular complexity index is 1470. The van der Waals surface area contributed by atoms with Gasteiger partial charge in [0, 0.05) is 51.0 Å². The minimum Gasteiger partial charge on any atom is -0.497 e. The number of halogens is 3. The van der Waals surface area contributed by atoms with E-state index in [1.807, 2.05) is 0 Å². The smallest absolute Gasteiger partial charge is 0.421 e. The quantitative estimate of drug-likeness (QED) is 0.277. The van der Waals surface area contributed by atoms with Gasteiger partial charge in [-0.25, -0.2) is 4.98 Å². The third-order valence-electron chi connectivity index (χ3n) is 5.89. The van der Waals surface area contributed by atoms with Crippen molar-refractivity contribution in [1.82, 2.24) is 15.3 Å². The highest BCUT2D eigenvalue weighted by atomic mass is 32.3. The van der Waals surface area contributed by atoms with Crippen LogP contribution in [0.2, 0.25) is 0 Å². The maximum Gasteiger partial charge on any atom is 0.421 e. The van der Waals surface area contributed by atoms with Crippen LogP contribution in [0.1, 0.15) is 21.5 Å². The summed E-state index contributed by atoms with van der Waals surface area (Å²) in [6.45, 7) is -0.184. The first-order valence-electron chi connectivity index (χ1n) is 11.7. The second-order valence-corrected chi connectivity index (χ2v) is 13.1. The number of benzene rings is 2. The highest BCUT2D eigenvalue weighted by Gasteiger charge is 2.35. The molecule has 4 N–H and O–H groups in total. The molecule has 0 aliphatic heterocycles. The highest BCUT2D eigenvalue weighted by Crippen LogP contribution is 2.37. The van der Waals surface area contributed by atoms with Gasteiger partial charge in [-0.3, -0.25) is 13.7 Å². The Hall–Kier alpha value is -4.11. The van der Waals surface area contributed by atoms with Gasteiger partial charge in [-0.1, -0.05) is 6.07 Å². The number of anilines is 4.